The van der Waals surface area contributed by atoms with Gasteiger partial charge >= 0.3 is 0 Å². The summed E-state index contributed by atoms with van der Waals surface area (Å²) in [6.45, 7) is 2.45. The number of hydrogen-bond donors (Lipinski definition) is 1. The lowest BCUT2D eigenvalue weighted by atomic mass is 10.1. The van der Waals surface area contributed by atoms with Crippen LogP contribution in [0.25, 0.3) is 0 Å². The first kappa shape index (κ1) is 20.1. The van der Waals surface area contributed by atoms with Gasteiger partial charge in [-0.05, 0) is 48.9 Å². The molecule has 0 aliphatic rings. The molecule has 0 saturated carbocycles. The Morgan fingerprint density at radius 2 is 1.68 bits per heavy atom. The zero-order valence-electron chi connectivity index (χ0n) is 15.2. The lowest BCUT2D eigenvalue weighted by Crippen LogP contribution is -2.18. The van der Waals surface area contributed by atoms with E-state index in [0.29, 0.717) is 17.9 Å². The summed E-state index contributed by atoms with van der Waals surface area (Å²) in [6, 6.07) is 21.7. The molecule has 3 aromatic carbocycles. The summed E-state index contributed by atoms with van der Waals surface area (Å²) in [4.78, 5) is 2.36. The van der Waals surface area contributed by atoms with Gasteiger partial charge in [0.1, 0.15) is 12.4 Å². The van der Waals surface area contributed by atoms with Crippen molar-refractivity contribution in [2.75, 3.05) is 0 Å². The average molecular weight is 459 g/mol. The number of para-hydroxylation sites is 1. The molecule has 0 radical (unpaired) electrons. The van der Waals surface area contributed by atoms with Crippen molar-refractivity contribution < 1.29 is 13.2 Å². The summed E-state index contributed by atoms with van der Waals surface area (Å²) in [5, 5.41) is 3.88. The van der Waals surface area contributed by atoms with Crippen LogP contribution in [0.4, 0.5) is 0 Å². The van der Waals surface area contributed by atoms with Gasteiger partial charge in [0.2, 0.25) is 0 Å². The quantitative estimate of drug-likeness (QED) is 0.413. The van der Waals surface area contributed by atoms with Crippen molar-refractivity contribution in [3.63, 3.8) is 0 Å². The highest BCUT2D eigenvalue weighted by atomic mass is 79.9. The van der Waals surface area contributed by atoms with Crippen LogP contribution in [0.3, 0.4) is 0 Å². The van der Waals surface area contributed by atoms with E-state index in [1.165, 1.54) is 23.9 Å². The molecule has 0 amide bonds. The van der Waals surface area contributed by atoms with Gasteiger partial charge in [-0.1, -0.05) is 57.9 Å². The molecule has 0 spiro atoms. The minimum absolute atomic E-state index is 0.136. The summed E-state index contributed by atoms with van der Waals surface area (Å²) in [5.74, 6) is 0.620. The molecule has 0 unspecified atom stereocenters. The summed E-state index contributed by atoms with van der Waals surface area (Å²) in [7, 11) is -3.73. The second-order valence-corrected chi connectivity index (χ2v) is 8.70. The van der Waals surface area contributed by atoms with E-state index >= 15 is 0 Å². The molecular weight excluding hydrogens is 440 g/mol. The zero-order chi connectivity index (χ0) is 20.0. The number of halogens is 1. The predicted molar refractivity (Wildman–Crippen MR) is 114 cm³/mol. The summed E-state index contributed by atoms with van der Waals surface area (Å²) in [6.07, 6.45) is 1.43. The van der Waals surface area contributed by atoms with Crippen molar-refractivity contribution in [1.29, 1.82) is 0 Å². The Morgan fingerprint density at radius 1 is 1.00 bits per heavy atom. The number of hydrogen-bond acceptors (Lipinski definition) is 4. The largest absolute Gasteiger partial charge is 0.488 e. The van der Waals surface area contributed by atoms with Gasteiger partial charge < -0.3 is 4.74 Å². The molecule has 5 nitrogen and oxygen atoms in total. The highest BCUT2D eigenvalue weighted by molar-refractivity contribution is 9.10. The molecule has 1 N–H and O–H groups in total. The van der Waals surface area contributed by atoms with E-state index in [1.807, 2.05) is 55.5 Å². The lowest BCUT2D eigenvalue weighted by Gasteiger charge is -2.09. The van der Waals surface area contributed by atoms with Crippen LogP contribution in [-0.4, -0.2) is 14.6 Å². The molecule has 3 aromatic rings. The summed E-state index contributed by atoms with van der Waals surface area (Å²) in [5.41, 5.74) is 2.91. The zero-order valence-corrected chi connectivity index (χ0v) is 17.6. The van der Waals surface area contributed by atoms with Crippen LogP contribution in [0.2, 0.25) is 0 Å². The molecule has 28 heavy (non-hydrogen) atoms. The maximum atomic E-state index is 12.3. The third-order valence-electron chi connectivity index (χ3n) is 3.93. The maximum Gasteiger partial charge on any atom is 0.276 e. The second-order valence-electron chi connectivity index (χ2n) is 6.12. The molecule has 144 valence electrons. The minimum Gasteiger partial charge on any atom is -0.488 e. The Hall–Kier alpha value is -2.64. The summed E-state index contributed by atoms with van der Waals surface area (Å²) >= 11 is 3.28. The molecule has 0 aliphatic heterocycles. The number of benzene rings is 3. The Balaban J connectivity index is 1.68. The molecule has 0 saturated heterocycles. The Kier molecular flexibility index (Phi) is 6.49. The SMILES string of the molecule is Cc1ccc(COc2ccccc2/C=N/NS(=O)(=O)c2ccc(Br)cc2)cc1. The first-order chi connectivity index (χ1) is 13.4. The van der Waals surface area contributed by atoms with Crippen LogP contribution in [-0.2, 0) is 16.6 Å². The van der Waals surface area contributed by atoms with Gasteiger partial charge in [-0.15, -0.1) is 0 Å². The van der Waals surface area contributed by atoms with E-state index in [-0.39, 0.29) is 4.90 Å². The highest BCUT2D eigenvalue weighted by Gasteiger charge is 2.12. The summed E-state index contributed by atoms with van der Waals surface area (Å²) < 4.78 is 31.2. The van der Waals surface area contributed by atoms with Crippen LogP contribution >= 0.6 is 15.9 Å². The smallest absolute Gasteiger partial charge is 0.276 e. The van der Waals surface area contributed by atoms with Crippen LogP contribution in [0.1, 0.15) is 16.7 Å². The van der Waals surface area contributed by atoms with Crippen molar-refractivity contribution in [3.05, 3.63) is 94.0 Å². The van der Waals surface area contributed by atoms with Gasteiger partial charge in [-0.3, -0.25) is 0 Å². The molecule has 0 atom stereocenters. The van der Waals surface area contributed by atoms with E-state index in [0.717, 1.165) is 10.0 Å². The van der Waals surface area contributed by atoms with Gasteiger partial charge in [-0.25, -0.2) is 4.83 Å². The standard InChI is InChI=1S/C21H19BrN2O3S/c1-16-6-8-17(9-7-16)15-27-21-5-3-2-4-18(21)14-23-24-28(25,26)20-12-10-19(22)11-13-20/h2-14,24H,15H2,1H3/b23-14+. The number of nitrogens with zero attached hydrogens (tertiary/aromatic N) is 1. The molecule has 7 heteroatoms. The van der Waals surface area contributed by atoms with Crippen molar-refractivity contribution >= 4 is 32.2 Å². The Morgan fingerprint density at radius 3 is 2.39 bits per heavy atom. The fourth-order valence-corrected chi connectivity index (χ4v) is 3.45. The van der Waals surface area contributed by atoms with Gasteiger partial charge in [0.15, 0.2) is 0 Å². The molecule has 0 aliphatic carbocycles. The van der Waals surface area contributed by atoms with Gasteiger partial charge in [0, 0.05) is 10.0 Å². The fourth-order valence-electron chi connectivity index (χ4n) is 2.40. The fraction of sp³-hybridized carbons (Fsp3) is 0.0952. The van der Waals surface area contributed by atoms with E-state index in [4.69, 9.17) is 4.74 Å². The number of hydrazone groups is 1. The van der Waals surface area contributed by atoms with Gasteiger partial charge in [0.25, 0.3) is 10.0 Å². The molecule has 0 aromatic heterocycles. The van der Waals surface area contributed by atoms with E-state index < -0.39 is 10.0 Å². The molecule has 0 fully saturated rings. The van der Waals surface area contributed by atoms with Crippen LogP contribution in [0, 0.1) is 6.92 Å². The maximum absolute atomic E-state index is 12.3. The molecular formula is C21H19BrN2O3S. The first-order valence-corrected chi connectivity index (χ1v) is 10.8. The molecule has 0 bridgehead atoms. The third-order valence-corrected chi connectivity index (χ3v) is 5.70. The van der Waals surface area contributed by atoms with Crippen molar-refractivity contribution in [3.8, 4) is 5.75 Å². The number of sulfonamides is 1. The Bertz CT molecular complexity index is 1060. The second kappa shape index (κ2) is 9.03. The number of ether oxygens (including phenoxy) is 1. The van der Waals surface area contributed by atoms with Gasteiger partial charge in [0.05, 0.1) is 11.1 Å². The highest BCUT2D eigenvalue weighted by Crippen LogP contribution is 2.18. The third kappa shape index (κ3) is 5.43. The average Bonchev–Trinajstić information content (AvgIpc) is 2.69. The first-order valence-electron chi connectivity index (χ1n) is 8.52. The van der Waals surface area contributed by atoms with Gasteiger partial charge in [-0.2, -0.15) is 13.5 Å². The van der Waals surface area contributed by atoms with E-state index in [2.05, 4.69) is 25.9 Å². The van der Waals surface area contributed by atoms with E-state index in [9.17, 15) is 8.42 Å². The van der Waals surface area contributed by atoms with Crippen LogP contribution in [0.15, 0.2) is 87.3 Å². The van der Waals surface area contributed by atoms with Crippen LogP contribution < -0.4 is 9.57 Å². The monoisotopic (exact) mass is 458 g/mol. The van der Waals surface area contributed by atoms with Crippen molar-refractivity contribution in [2.45, 2.75) is 18.4 Å². The van der Waals surface area contributed by atoms with Crippen molar-refractivity contribution in [2.24, 2.45) is 5.10 Å². The van der Waals surface area contributed by atoms with Crippen molar-refractivity contribution in [1.82, 2.24) is 4.83 Å². The normalized spacial score (nSPS) is 11.5. The van der Waals surface area contributed by atoms with Crippen LogP contribution in [0.5, 0.6) is 5.75 Å². The topological polar surface area (TPSA) is 67.8 Å². The molecule has 0 heterocycles. The number of rotatable bonds is 7. The predicted octanol–water partition coefficient (Wildman–Crippen LogP) is 4.65. The minimum atomic E-state index is -3.73. The Labute approximate surface area is 173 Å². The number of nitrogens with one attached hydrogen (secondary N) is 1. The molecule has 3 rings (SSSR count). The van der Waals surface area contributed by atoms with E-state index in [1.54, 1.807) is 12.1 Å². The number of aryl methyl sites for hydroxylation is 1. The lowest BCUT2D eigenvalue weighted by molar-refractivity contribution is 0.306.